The maximum atomic E-state index is 12.7. The summed E-state index contributed by atoms with van der Waals surface area (Å²) >= 11 is 0. The Hall–Kier alpha value is -3.89. The maximum Gasteiger partial charge on any atom is 0.490 e. The third-order valence-corrected chi connectivity index (χ3v) is 6.04. The smallest absolute Gasteiger partial charge is 0.475 e. The van der Waals surface area contributed by atoms with Gasteiger partial charge < -0.3 is 20.7 Å². The van der Waals surface area contributed by atoms with Crippen LogP contribution in [0.25, 0.3) is 11.0 Å². The first kappa shape index (κ1) is 24.2. The summed E-state index contributed by atoms with van der Waals surface area (Å²) in [5.74, 6) is -1.51. The SMILES string of the molecule is O=C(O)C(F)(F)F.O=C1Cc2cc(C(=O)N[C@@H]3CCC[C@H](c4nc5ccccc5[nH]4)C3)ccc2N1. The fraction of sp³-hybridized carbons (Fsp3) is 0.333. The standard InChI is InChI=1S/C22H22N4O2.C2HF3O2/c27-20-12-15-10-14(8-9-17(15)24-20)22(28)23-16-5-3-4-13(11-16)21-25-18-6-1-2-7-19(18)26-21;3-2(4,5)1(6)7/h1-2,6-10,13,16H,3-5,11-12H2,(H,23,28)(H,24,27)(H,25,26);(H,6,7)/t13-,16+;/m0./s1. The van der Waals surface area contributed by atoms with E-state index in [4.69, 9.17) is 14.9 Å². The molecule has 0 bridgehead atoms. The second-order valence-electron chi connectivity index (χ2n) is 8.57. The molecule has 35 heavy (non-hydrogen) atoms. The molecular formula is C24H23F3N4O4. The predicted molar refractivity (Wildman–Crippen MR) is 121 cm³/mol. The van der Waals surface area contributed by atoms with Gasteiger partial charge in [0.15, 0.2) is 0 Å². The number of nitrogens with zero attached hydrogens (tertiary/aromatic N) is 1. The van der Waals surface area contributed by atoms with Crippen LogP contribution in [0.1, 0.15) is 53.3 Å². The molecule has 5 rings (SSSR count). The van der Waals surface area contributed by atoms with Crippen LogP contribution < -0.4 is 10.6 Å². The van der Waals surface area contributed by atoms with Crippen molar-refractivity contribution in [2.45, 2.75) is 50.2 Å². The average molecular weight is 488 g/mol. The Labute approximate surface area is 197 Å². The quantitative estimate of drug-likeness (QED) is 0.441. The van der Waals surface area contributed by atoms with Gasteiger partial charge in [0, 0.05) is 23.2 Å². The Balaban J connectivity index is 0.000000364. The van der Waals surface area contributed by atoms with E-state index >= 15 is 0 Å². The number of halogens is 3. The largest absolute Gasteiger partial charge is 0.490 e. The number of carboxylic acids is 1. The number of alkyl halides is 3. The number of aromatic nitrogens is 2. The van der Waals surface area contributed by atoms with Crippen molar-refractivity contribution in [2.24, 2.45) is 0 Å². The lowest BCUT2D eigenvalue weighted by molar-refractivity contribution is -0.192. The summed E-state index contributed by atoms with van der Waals surface area (Å²) in [6.07, 6.45) is -0.730. The number of benzene rings is 2. The molecule has 0 radical (unpaired) electrons. The van der Waals surface area contributed by atoms with Gasteiger partial charge in [0.05, 0.1) is 17.5 Å². The monoisotopic (exact) mass is 488 g/mol. The zero-order chi connectivity index (χ0) is 25.2. The zero-order valence-electron chi connectivity index (χ0n) is 18.5. The van der Waals surface area contributed by atoms with Crippen molar-refractivity contribution in [2.75, 3.05) is 5.32 Å². The van der Waals surface area contributed by atoms with Gasteiger partial charge in [-0.25, -0.2) is 9.78 Å². The Kier molecular flexibility index (Phi) is 6.77. The Morgan fingerprint density at radius 2 is 1.86 bits per heavy atom. The van der Waals surface area contributed by atoms with Crippen LogP contribution in [0.3, 0.4) is 0 Å². The average Bonchev–Trinajstić information content (AvgIpc) is 3.41. The first-order valence-corrected chi connectivity index (χ1v) is 11.1. The highest BCUT2D eigenvalue weighted by molar-refractivity contribution is 6.01. The lowest BCUT2D eigenvalue weighted by atomic mass is 9.85. The van der Waals surface area contributed by atoms with Crippen LogP contribution in [0, 0.1) is 0 Å². The number of imidazole rings is 1. The number of carbonyl (C=O) groups is 3. The molecule has 1 aliphatic carbocycles. The number of fused-ring (bicyclic) bond motifs is 2. The van der Waals surface area contributed by atoms with E-state index in [1.807, 2.05) is 36.4 Å². The van der Waals surface area contributed by atoms with E-state index in [0.717, 1.165) is 53.8 Å². The molecule has 184 valence electrons. The van der Waals surface area contributed by atoms with Gasteiger partial charge in [-0.15, -0.1) is 0 Å². The second-order valence-corrected chi connectivity index (χ2v) is 8.57. The zero-order valence-corrected chi connectivity index (χ0v) is 18.5. The molecule has 1 aromatic heterocycles. The van der Waals surface area contributed by atoms with Gasteiger partial charge in [0.1, 0.15) is 5.82 Å². The number of amides is 2. The highest BCUT2D eigenvalue weighted by atomic mass is 19.4. The lowest BCUT2D eigenvalue weighted by Crippen LogP contribution is -2.38. The van der Waals surface area contributed by atoms with E-state index < -0.39 is 12.1 Å². The molecular weight excluding hydrogens is 465 g/mol. The molecule has 1 aliphatic heterocycles. The first-order valence-electron chi connectivity index (χ1n) is 11.1. The summed E-state index contributed by atoms with van der Waals surface area (Å²) in [4.78, 5) is 41.3. The van der Waals surface area contributed by atoms with Gasteiger partial charge in [-0.2, -0.15) is 13.2 Å². The summed E-state index contributed by atoms with van der Waals surface area (Å²) < 4.78 is 31.7. The number of nitrogens with one attached hydrogen (secondary N) is 3. The van der Waals surface area contributed by atoms with E-state index in [1.54, 1.807) is 6.07 Å². The van der Waals surface area contributed by atoms with Crippen molar-refractivity contribution in [1.29, 1.82) is 0 Å². The molecule has 2 aromatic carbocycles. The van der Waals surface area contributed by atoms with E-state index in [1.165, 1.54) is 0 Å². The normalized spacial score (nSPS) is 19.3. The van der Waals surface area contributed by atoms with Gasteiger partial charge in [-0.3, -0.25) is 9.59 Å². The molecule has 1 fully saturated rings. The van der Waals surface area contributed by atoms with Crippen molar-refractivity contribution in [3.8, 4) is 0 Å². The Morgan fingerprint density at radius 3 is 2.57 bits per heavy atom. The number of H-pyrrole nitrogens is 1. The Bertz CT molecular complexity index is 1240. The number of aliphatic carboxylic acids is 1. The molecule has 0 unspecified atom stereocenters. The van der Waals surface area contributed by atoms with Crippen LogP contribution in [0.5, 0.6) is 0 Å². The minimum absolute atomic E-state index is 0.0199. The molecule has 8 nitrogen and oxygen atoms in total. The van der Waals surface area contributed by atoms with Gasteiger partial charge in [-0.1, -0.05) is 18.6 Å². The van der Waals surface area contributed by atoms with E-state index in [0.29, 0.717) is 17.9 Å². The highest BCUT2D eigenvalue weighted by Gasteiger charge is 2.38. The third-order valence-electron chi connectivity index (χ3n) is 6.04. The van der Waals surface area contributed by atoms with Gasteiger partial charge in [0.25, 0.3) is 5.91 Å². The number of hydrogen-bond donors (Lipinski definition) is 4. The number of anilines is 1. The molecule has 4 N–H and O–H groups in total. The van der Waals surface area contributed by atoms with Crippen molar-refractivity contribution in [1.82, 2.24) is 15.3 Å². The first-order chi connectivity index (χ1) is 16.6. The Morgan fingerprint density at radius 1 is 1.11 bits per heavy atom. The van der Waals surface area contributed by atoms with Crippen LogP contribution in [0.4, 0.5) is 18.9 Å². The number of rotatable bonds is 3. The third kappa shape index (κ3) is 5.79. The van der Waals surface area contributed by atoms with Gasteiger partial charge >= 0.3 is 12.1 Å². The number of para-hydroxylation sites is 2. The van der Waals surface area contributed by atoms with E-state index in [9.17, 15) is 22.8 Å². The topological polar surface area (TPSA) is 124 Å². The van der Waals surface area contributed by atoms with Crippen LogP contribution >= 0.6 is 0 Å². The van der Waals surface area contributed by atoms with Crippen LogP contribution in [-0.2, 0) is 16.0 Å². The van der Waals surface area contributed by atoms with Crippen LogP contribution in [0.15, 0.2) is 42.5 Å². The molecule has 2 aliphatic rings. The molecule has 1 saturated carbocycles. The highest BCUT2D eigenvalue weighted by Crippen LogP contribution is 2.33. The van der Waals surface area contributed by atoms with Gasteiger partial charge in [-0.05, 0) is 55.2 Å². The number of hydrogen-bond acceptors (Lipinski definition) is 4. The number of carboxylic acid groups (broad SMARTS) is 1. The second kappa shape index (κ2) is 9.77. The van der Waals surface area contributed by atoms with Gasteiger partial charge in [0.2, 0.25) is 5.91 Å². The van der Waals surface area contributed by atoms with E-state index in [-0.39, 0.29) is 17.9 Å². The van der Waals surface area contributed by atoms with Crippen molar-refractivity contribution >= 4 is 34.5 Å². The fourth-order valence-corrected chi connectivity index (χ4v) is 4.37. The summed E-state index contributed by atoms with van der Waals surface area (Å²) in [6.45, 7) is 0. The van der Waals surface area contributed by atoms with Crippen molar-refractivity contribution in [3.05, 3.63) is 59.4 Å². The molecule has 3 aromatic rings. The van der Waals surface area contributed by atoms with E-state index in [2.05, 4.69) is 15.6 Å². The predicted octanol–water partition coefficient (Wildman–Crippen LogP) is 4.15. The summed E-state index contributed by atoms with van der Waals surface area (Å²) in [6, 6.07) is 13.6. The maximum absolute atomic E-state index is 12.7. The summed E-state index contributed by atoms with van der Waals surface area (Å²) in [7, 11) is 0. The number of carbonyl (C=O) groups excluding carboxylic acids is 2. The van der Waals surface area contributed by atoms with Crippen LogP contribution in [-0.4, -0.2) is 45.1 Å². The summed E-state index contributed by atoms with van der Waals surface area (Å²) in [5.41, 5.74) is 4.36. The fourth-order valence-electron chi connectivity index (χ4n) is 4.37. The van der Waals surface area contributed by atoms with Crippen molar-refractivity contribution < 1.29 is 32.7 Å². The molecule has 2 atom stereocenters. The molecule has 11 heteroatoms. The molecule has 0 saturated heterocycles. The van der Waals surface area contributed by atoms with Crippen LogP contribution in [0.2, 0.25) is 0 Å². The molecule has 2 heterocycles. The molecule has 2 amide bonds. The minimum atomic E-state index is -5.08. The minimum Gasteiger partial charge on any atom is -0.475 e. The van der Waals surface area contributed by atoms with Crippen molar-refractivity contribution in [3.63, 3.8) is 0 Å². The summed E-state index contributed by atoms with van der Waals surface area (Å²) in [5, 5.41) is 13.1. The lowest BCUT2D eigenvalue weighted by Gasteiger charge is -2.28. The number of aromatic amines is 1. The molecule has 0 spiro atoms.